The van der Waals surface area contributed by atoms with Crippen molar-refractivity contribution < 1.29 is 0 Å². The van der Waals surface area contributed by atoms with Crippen molar-refractivity contribution in [3.8, 4) is 0 Å². The molecule has 0 fully saturated rings. The van der Waals surface area contributed by atoms with Crippen LogP contribution in [-0.4, -0.2) is 19.5 Å². The zero-order valence-corrected chi connectivity index (χ0v) is 12.7. The Bertz CT molecular complexity index is 768. The quantitative estimate of drug-likeness (QED) is 0.799. The zero-order valence-electron chi connectivity index (χ0n) is 11.9. The maximum absolute atomic E-state index is 5.95. The van der Waals surface area contributed by atoms with Gasteiger partial charge in [0.25, 0.3) is 0 Å². The molecular formula is C15H16ClN5. The number of nitrogens with zero attached hydrogens (tertiary/aromatic N) is 4. The Kier molecular flexibility index (Phi) is 3.75. The van der Waals surface area contributed by atoms with E-state index in [0.717, 1.165) is 29.2 Å². The van der Waals surface area contributed by atoms with Crippen molar-refractivity contribution >= 4 is 28.5 Å². The van der Waals surface area contributed by atoms with Gasteiger partial charge in [-0.3, -0.25) is 4.98 Å². The van der Waals surface area contributed by atoms with Crippen molar-refractivity contribution in [3.63, 3.8) is 0 Å². The molecule has 0 saturated heterocycles. The van der Waals surface area contributed by atoms with Crippen LogP contribution >= 0.6 is 11.6 Å². The molecule has 21 heavy (non-hydrogen) atoms. The van der Waals surface area contributed by atoms with Gasteiger partial charge in [0.15, 0.2) is 0 Å². The molecule has 5 nitrogen and oxygen atoms in total. The van der Waals surface area contributed by atoms with Gasteiger partial charge in [-0.15, -0.1) is 0 Å². The minimum Gasteiger partial charge on any atom is -0.359 e. The van der Waals surface area contributed by atoms with Gasteiger partial charge in [-0.25, -0.2) is 9.97 Å². The van der Waals surface area contributed by atoms with E-state index in [1.165, 1.54) is 0 Å². The predicted molar refractivity (Wildman–Crippen MR) is 84.5 cm³/mol. The second kappa shape index (κ2) is 5.69. The smallest absolute Gasteiger partial charge is 0.145 e. The average molecular weight is 302 g/mol. The van der Waals surface area contributed by atoms with Crippen LogP contribution in [0.2, 0.25) is 5.02 Å². The molecule has 0 spiro atoms. The molecule has 1 N–H and O–H groups in total. The van der Waals surface area contributed by atoms with Crippen LogP contribution in [0, 0.1) is 0 Å². The van der Waals surface area contributed by atoms with E-state index in [1.807, 2.05) is 24.5 Å². The fourth-order valence-electron chi connectivity index (χ4n) is 2.31. The number of fused-ring (bicyclic) bond motifs is 1. The maximum atomic E-state index is 5.95. The van der Waals surface area contributed by atoms with Crippen LogP contribution in [0.3, 0.4) is 0 Å². The molecule has 0 aliphatic heterocycles. The van der Waals surface area contributed by atoms with Crippen LogP contribution in [0.5, 0.6) is 0 Å². The predicted octanol–water partition coefficient (Wildman–Crippen LogP) is 3.67. The average Bonchev–Trinajstić information content (AvgIpc) is 2.96. The first-order valence-electron chi connectivity index (χ1n) is 6.87. The fraction of sp³-hybridized carbons (Fsp3) is 0.267. The third-order valence-corrected chi connectivity index (χ3v) is 3.58. The van der Waals surface area contributed by atoms with Gasteiger partial charge in [0.1, 0.15) is 11.6 Å². The SMILES string of the molecule is CCn1ccnc1C(C)Nc1cnc2cc(Cl)ccc2n1. The number of aromatic nitrogens is 4. The Morgan fingerprint density at radius 1 is 1.29 bits per heavy atom. The first-order valence-corrected chi connectivity index (χ1v) is 7.25. The molecule has 0 radical (unpaired) electrons. The lowest BCUT2D eigenvalue weighted by Crippen LogP contribution is -2.14. The molecule has 0 bridgehead atoms. The van der Waals surface area contributed by atoms with Crippen LogP contribution in [0.25, 0.3) is 11.0 Å². The Morgan fingerprint density at radius 3 is 2.95 bits per heavy atom. The summed E-state index contributed by atoms with van der Waals surface area (Å²) in [6, 6.07) is 5.54. The number of imidazole rings is 1. The van der Waals surface area contributed by atoms with Gasteiger partial charge in [0, 0.05) is 24.0 Å². The van der Waals surface area contributed by atoms with Gasteiger partial charge >= 0.3 is 0 Å². The molecule has 0 aliphatic rings. The second-order valence-electron chi connectivity index (χ2n) is 4.83. The number of rotatable bonds is 4. The molecule has 0 amide bonds. The van der Waals surface area contributed by atoms with Gasteiger partial charge in [-0.05, 0) is 32.0 Å². The molecule has 108 valence electrons. The van der Waals surface area contributed by atoms with Gasteiger partial charge in [0.2, 0.25) is 0 Å². The van der Waals surface area contributed by atoms with Crippen molar-refractivity contribution in [1.82, 2.24) is 19.5 Å². The highest BCUT2D eigenvalue weighted by molar-refractivity contribution is 6.31. The van der Waals surface area contributed by atoms with E-state index in [2.05, 4.69) is 38.7 Å². The topological polar surface area (TPSA) is 55.6 Å². The standard InChI is InChI=1S/C15H16ClN5/c1-3-21-7-6-17-15(21)10(2)19-14-9-18-13-8-11(16)4-5-12(13)20-14/h4-10H,3H2,1-2H3,(H,19,20). The summed E-state index contributed by atoms with van der Waals surface area (Å²) in [5.74, 6) is 1.71. The fourth-order valence-corrected chi connectivity index (χ4v) is 2.47. The highest BCUT2D eigenvalue weighted by Gasteiger charge is 2.12. The molecule has 1 aromatic carbocycles. The molecular weight excluding hydrogens is 286 g/mol. The molecule has 2 aromatic heterocycles. The molecule has 3 aromatic rings. The zero-order chi connectivity index (χ0) is 14.8. The van der Waals surface area contributed by atoms with E-state index in [9.17, 15) is 0 Å². The van der Waals surface area contributed by atoms with Crippen LogP contribution < -0.4 is 5.32 Å². The van der Waals surface area contributed by atoms with Crippen molar-refractivity contribution in [2.24, 2.45) is 0 Å². The third kappa shape index (κ3) is 2.83. The molecule has 1 unspecified atom stereocenters. The largest absolute Gasteiger partial charge is 0.359 e. The summed E-state index contributed by atoms with van der Waals surface area (Å²) in [6.45, 7) is 5.04. The molecule has 0 saturated carbocycles. The highest BCUT2D eigenvalue weighted by atomic mass is 35.5. The van der Waals surface area contributed by atoms with E-state index in [-0.39, 0.29) is 6.04 Å². The first kappa shape index (κ1) is 13.8. The lowest BCUT2D eigenvalue weighted by molar-refractivity contribution is 0.658. The van der Waals surface area contributed by atoms with Crippen LogP contribution in [-0.2, 0) is 6.54 Å². The highest BCUT2D eigenvalue weighted by Crippen LogP contribution is 2.20. The van der Waals surface area contributed by atoms with E-state index >= 15 is 0 Å². The number of anilines is 1. The van der Waals surface area contributed by atoms with Crippen LogP contribution in [0.15, 0.2) is 36.8 Å². The number of hydrogen-bond donors (Lipinski definition) is 1. The number of hydrogen-bond acceptors (Lipinski definition) is 4. The van der Waals surface area contributed by atoms with E-state index in [4.69, 9.17) is 11.6 Å². The van der Waals surface area contributed by atoms with Crippen LogP contribution in [0.4, 0.5) is 5.82 Å². The Balaban J connectivity index is 1.86. The maximum Gasteiger partial charge on any atom is 0.145 e. The first-order chi connectivity index (χ1) is 10.2. The summed E-state index contributed by atoms with van der Waals surface area (Å²) in [7, 11) is 0. The van der Waals surface area contributed by atoms with Gasteiger partial charge in [-0.2, -0.15) is 0 Å². The Labute approximate surface area is 128 Å². The molecule has 2 heterocycles. The van der Waals surface area contributed by atoms with Crippen LogP contribution in [0.1, 0.15) is 25.7 Å². The van der Waals surface area contributed by atoms with E-state index < -0.39 is 0 Å². The van der Waals surface area contributed by atoms with Gasteiger partial charge < -0.3 is 9.88 Å². The molecule has 6 heteroatoms. The summed E-state index contributed by atoms with van der Waals surface area (Å²) in [4.78, 5) is 13.3. The summed E-state index contributed by atoms with van der Waals surface area (Å²) in [5.41, 5.74) is 1.60. The lowest BCUT2D eigenvalue weighted by Gasteiger charge is -2.15. The summed E-state index contributed by atoms with van der Waals surface area (Å²) < 4.78 is 2.10. The van der Waals surface area contributed by atoms with E-state index in [1.54, 1.807) is 12.3 Å². The van der Waals surface area contributed by atoms with Gasteiger partial charge in [-0.1, -0.05) is 11.6 Å². The molecule has 1 atom stereocenters. The number of halogens is 1. The Morgan fingerprint density at radius 2 is 2.14 bits per heavy atom. The minimum atomic E-state index is 0.0546. The number of aryl methyl sites for hydroxylation is 1. The van der Waals surface area contributed by atoms with Gasteiger partial charge in [0.05, 0.1) is 23.3 Å². The van der Waals surface area contributed by atoms with Crippen molar-refractivity contribution in [3.05, 3.63) is 47.6 Å². The van der Waals surface area contributed by atoms with Crippen molar-refractivity contribution in [1.29, 1.82) is 0 Å². The normalized spacial score (nSPS) is 12.5. The summed E-state index contributed by atoms with van der Waals surface area (Å²) in [5, 5.41) is 4.00. The lowest BCUT2D eigenvalue weighted by atomic mass is 10.3. The summed E-state index contributed by atoms with van der Waals surface area (Å²) >= 11 is 5.95. The van der Waals surface area contributed by atoms with Crippen molar-refractivity contribution in [2.75, 3.05) is 5.32 Å². The number of nitrogens with one attached hydrogen (secondary N) is 1. The molecule has 3 rings (SSSR count). The minimum absolute atomic E-state index is 0.0546. The number of benzene rings is 1. The summed E-state index contributed by atoms with van der Waals surface area (Å²) in [6.07, 6.45) is 5.50. The second-order valence-corrected chi connectivity index (χ2v) is 5.26. The molecule has 0 aliphatic carbocycles. The van der Waals surface area contributed by atoms with E-state index in [0.29, 0.717) is 5.02 Å². The Hall–Kier alpha value is -2.14. The third-order valence-electron chi connectivity index (χ3n) is 3.34. The monoisotopic (exact) mass is 301 g/mol. The van der Waals surface area contributed by atoms with Crippen molar-refractivity contribution in [2.45, 2.75) is 26.4 Å².